The Morgan fingerprint density at radius 3 is 3.00 bits per heavy atom. The minimum atomic E-state index is 0.651. The molecule has 1 N–H and O–H groups in total. The molecule has 5 heteroatoms. The lowest BCUT2D eigenvalue weighted by Gasteiger charge is -2.24. The third-order valence-corrected chi connectivity index (χ3v) is 3.56. The Labute approximate surface area is 127 Å². The second-order valence-electron chi connectivity index (χ2n) is 6.09. The van der Waals surface area contributed by atoms with Gasteiger partial charge in [-0.2, -0.15) is 0 Å². The predicted octanol–water partition coefficient (Wildman–Crippen LogP) is 2.20. The molecule has 21 heavy (non-hydrogen) atoms. The van der Waals surface area contributed by atoms with Crippen molar-refractivity contribution in [3.63, 3.8) is 0 Å². The molecule has 1 aromatic rings. The van der Waals surface area contributed by atoms with Crippen LogP contribution in [0.2, 0.25) is 0 Å². The maximum absolute atomic E-state index is 5.42. The molecule has 1 aliphatic heterocycles. The zero-order valence-corrected chi connectivity index (χ0v) is 13.4. The first-order valence-electron chi connectivity index (χ1n) is 7.71. The molecule has 0 radical (unpaired) electrons. The number of aromatic nitrogens is 1. The van der Waals surface area contributed by atoms with Crippen LogP contribution in [0, 0.1) is 5.92 Å². The van der Waals surface area contributed by atoms with Crippen LogP contribution < -0.4 is 5.32 Å². The first-order chi connectivity index (χ1) is 10.2. The van der Waals surface area contributed by atoms with Crippen molar-refractivity contribution in [3.05, 3.63) is 29.2 Å². The van der Waals surface area contributed by atoms with Gasteiger partial charge in [0.15, 0.2) is 5.76 Å². The second-order valence-corrected chi connectivity index (χ2v) is 6.09. The van der Waals surface area contributed by atoms with Crippen molar-refractivity contribution in [2.24, 2.45) is 5.92 Å². The number of ether oxygens (including phenoxy) is 1. The van der Waals surface area contributed by atoms with Crippen molar-refractivity contribution >= 4 is 0 Å². The summed E-state index contributed by atoms with van der Waals surface area (Å²) < 4.78 is 10.6. The van der Waals surface area contributed by atoms with Gasteiger partial charge in [-0.15, -0.1) is 0 Å². The molecule has 0 aromatic carbocycles. The molecule has 5 nitrogen and oxygen atoms in total. The summed E-state index contributed by atoms with van der Waals surface area (Å²) in [6.07, 6.45) is 3.33. The molecular weight excluding hydrogens is 266 g/mol. The van der Waals surface area contributed by atoms with Crippen molar-refractivity contribution in [2.75, 3.05) is 33.4 Å². The lowest BCUT2D eigenvalue weighted by atomic mass is 10.1. The highest BCUT2D eigenvalue weighted by molar-refractivity contribution is 5.10. The first-order valence-corrected chi connectivity index (χ1v) is 7.71. The van der Waals surface area contributed by atoms with Gasteiger partial charge in [-0.25, -0.2) is 0 Å². The molecular formula is C16H27N3O2. The van der Waals surface area contributed by atoms with Gasteiger partial charge in [-0.1, -0.05) is 25.1 Å². The third-order valence-electron chi connectivity index (χ3n) is 3.56. The van der Waals surface area contributed by atoms with E-state index >= 15 is 0 Å². The summed E-state index contributed by atoms with van der Waals surface area (Å²) >= 11 is 0. The predicted molar refractivity (Wildman–Crippen MR) is 82.9 cm³/mol. The van der Waals surface area contributed by atoms with E-state index in [9.17, 15) is 0 Å². The summed E-state index contributed by atoms with van der Waals surface area (Å²) in [6, 6.07) is 2.06. The quantitative estimate of drug-likeness (QED) is 0.745. The Hall–Kier alpha value is -1.17. The summed E-state index contributed by atoms with van der Waals surface area (Å²) in [5.74, 6) is 1.60. The van der Waals surface area contributed by atoms with Gasteiger partial charge < -0.3 is 14.6 Å². The van der Waals surface area contributed by atoms with Crippen molar-refractivity contribution in [2.45, 2.75) is 33.4 Å². The Kier molecular flexibility index (Phi) is 6.42. The van der Waals surface area contributed by atoms with Gasteiger partial charge in [-0.05, 0) is 24.5 Å². The highest BCUT2D eigenvalue weighted by atomic mass is 16.5. The average Bonchev–Trinajstić information content (AvgIpc) is 2.88. The minimum Gasteiger partial charge on any atom is -0.380 e. The molecule has 0 spiro atoms. The van der Waals surface area contributed by atoms with Crippen LogP contribution in [0.15, 0.2) is 22.2 Å². The molecule has 0 atom stereocenters. The van der Waals surface area contributed by atoms with Crippen LogP contribution in [-0.2, 0) is 17.8 Å². The fourth-order valence-corrected chi connectivity index (χ4v) is 2.44. The first kappa shape index (κ1) is 16.2. The Morgan fingerprint density at radius 2 is 2.33 bits per heavy atom. The van der Waals surface area contributed by atoms with Crippen molar-refractivity contribution in [3.8, 4) is 0 Å². The summed E-state index contributed by atoms with van der Waals surface area (Å²) in [5, 5.41) is 7.50. The highest BCUT2D eigenvalue weighted by Crippen LogP contribution is 2.14. The maximum Gasteiger partial charge on any atom is 0.151 e. The zero-order chi connectivity index (χ0) is 15.1. The average molecular weight is 293 g/mol. The third kappa shape index (κ3) is 5.61. The number of methoxy groups -OCH3 is 1. The fourth-order valence-electron chi connectivity index (χ4n) is 2.44. The molecule has 0 amide bonds. The van der Waals surface area contributed by atoms with Gasteiger partial charge in [0.2, 0.25) is 0 Å². The summed E-state index contributed by atoms with van der Waals surface area (Å²) in [5.41, 5.74) is 2.38. The van der Waals surface area contributed by atoms with Crippen LogP contribution in [0.5, 0.6) is 0 Å². The van der Waals surface area contributed by atoms with E-state index in [1.54, 1.807) is 7.11 Å². The molecule has 0 aliphatic carbocycles. The molecule has 1 aliphatic rings. The van der Waals surface area contributed by atoms with E-state index in [0.717, 1.165) is 57.2 Å². The zero-order valence-electron chi connectivity index (χ0n) is 13.4. The smallest absolute Gasteiger partial charge is 0.151 e. The van der Waals surface area contributed by atoms with Crippen LogP contribution in [0.25, 0.3) is 0 Å². The molecule has 1 aromatic heterocycles. The van der Waals surface area contributed by atoms with Gasteiger partial charge in [0.25, 0.3) is 0 Å². The van der Waals surface area contributed by atoms with E-state index in [4.69, 9.17) is 9.26 Å². The van der Waals surface area contributed by atoms with Crippen LogP contribution in [0.1, 0.15) is 31.7 Å². The molecule has 0 bridgehead atoms. The largest absolute Gasteiger partial charge is 0.380 e. The SMILES string of the molecule is COCC1=CCN(Cc2cc(CNCC(C)C)no2)CC1. The van der Waals surface area contributed by atoms with Crippen LogP contribution in [-0.4, -0.2) is 43.4 Å². The summed E-state index contributed by atoms with van der Waals surface area (Å²) in [7, 11) is 1.75. The minimum absolute atomic E-state index is 0.651. The van der Waals surface area contributed by atoms with Gasteiger partial charge in [0.1, 0.15) is 0 Å². The van der Waals surface area contributed by atoms with Gasteiger partial charge in [-0.3, -0.25) is 4.90 Å². The molecule has 0 saturated heterocycles. The maximum atomic E-state index is 5.42. The molecule has 0 unspecified atom stereocenters. The topological polar surface area (TPSA) is 50.5 Å². The van der Waals surface area contributed by atoms with E-state index in [-0.39, 0.29) is 0 Å². The van der Waals surface area contributed by atoms with Crippen molar-refractivity contribution < 1.29 is 9.26 Å². The van der Waals surface area contributed by atoms with Crippen molar-refractivity contribution in [1.82, 2.24) is 15.4 Å². The molecule has 2 rings (SSSR count). The molecule has 0 saturated carbocycles. The highest BCUT2D eigenvalue weighted by Gasteiger charge is 2.14. The summed E-state index contributed by atoms with van der Waals surface area (Å²) in [6.45, 7) is 9.76. The van der Waals surface area contributed by atoms with E-state index in [1.165, 1.54) is 5.57 Å². The van der Waals surface area contributed by atoms with Gasteiger partial charge >= 0.3 is 0 Å². The van der Waals surface area contributed by atoms with E-state index in [1.807, 2.05) is 0 Å². The lowest BCUT2D eigenvalue weighted by Crippen LogP contribution is -2.28. The van der Waals surface area contributed by atoms with Crippen LogP contribution in [0.3, 0.4) is 0 Å². The normalized spacial score (nSPS) is 16.5. The Bertz CT molecular complexity index is 454. The van der Waals surface area contributed by atoms with Crippen LogP contribution in [0.4, 0.5) is 0 Å². The Morgan fingerprint density at radius 1 is 1.48 bits per heavy atom. The van der Waals surface area contributed by atoms with E-state index < -0.39 is 0 Å². The second kappa shape index (κ2) is 8.32. The van der Waals surface area contributed by atoms with Gasteiger partial charge in [0, 0.05) is 32.8 Å². The Balaban J connectivity index is 1.75. The number of nitrogens with one attached hydrogen (secondary N) is 1. The molecule has 2 heterocycles. The van der Waals surface area contributed by atoms with Crippen LogP contribution >= 0.6 is 0 Å². The monoisotopic (exact) mass is 293 g/mol. The molecule has 118 valence electrons. The number of nitrogens with zero attached hydrogens (tertiary/aromatic N) is 2. The standard InChI is InChI=1S/C16H27N3O2/c1-13(2)9-17-10-15-8-16(21-18-15)11-19-6-4-14(5-7-19)12-20-3/h4,8,13,17H,5-7,9-12H2,1-3H3. The lowest BCUT2D eigenvalue weighted by molar-refractivity contribution is 0.204. The van der Waals surface area contributed by atoms with Gasteiger partial charge in [0.05, 0.1) is 18.8 Å². The number of hydrogen-bond donors (Lipinski definition) is 1. The molecule has 0 fully saturated rings. The van der Waals surface area contributed by atoms with E-state index in [2.05, 4.69) is 41.4 Å². The fraction of sp³-hybridized carbons (Fsp3) is 0.688. The van der Waals surface area contributed by atoms with Crippen molar-refractivity contribution in [1.29, 1.82) is 0 Å². The number of hydrogen-bond acceptors (Lipinski definition) is 5. The number of rotatable bonds is 8. The van der Waals surface area contributed by atoms with E-state index in [0.29, 0.717) is 5.92 Å². The summed E-state index contributed by atoms with van der Waals surface area (Å²) in [4.78, 5) is 2.37.